The number of carbonyl (C=O) groups is 2. The molecule has 0 saturated carbocycles. The van der Waals surface area contributed by atoms with Crippen LogP contribution in [0.25, 0.3) is 0 Å². The standard InChI is InChI=1S/C18H20N2O4/c1-12-7-10-23-16(12)18(22)20-9-4-8-19-17(21)15-11-13-5-2-3-6-14(13)24-15/h2-3,5-7,10,15H,4,8-9,11H2,1H3,(H,19,21)(H,20,22)/t15-/m1/s1. The van der Waals surface area contributed by atoms with Gasteiger partial charge in [-0.25, -0.2) is 0 Å². The summed E-state index contributed by atoms with van der Waals surface area (Å²) >= 11 is 0. The van der Waals surface area contributed by atoms with Crippen molar-refractivity contribution in [2.24, 2.45) is 0 Å². The lowest BCUT2D eigenvalue weighted by atomic mass is 10.1. The van der Waals surface area contributed by atoms with Gasteiger partial charge in [0.1, 0.15) is 5.75 Å². The minimum absolute atomic E-state index is 0.126. The summed E-state index contributed by atoms with van der Waals surface area (Å²) in [6.07, 6.45) is 2.25. The molecule has 2 amide bonds. The fourth-order valence-electron chi connectivity index (χ4n) is 2.63. The molecular formula is C18H20N2O4. The quantitative estimate of drug-likeness (QED) is 0.793. The second-order valence-electron chi connectivity index (χ2n) is 5.75. The highest BCUT2D eigenvalue weighted by Crippen LogP contribution is 2.27. The fraction of sp³-hybridized carbons (Fsp3) is 0.333. The molecule has 1 aromatic carbocycles. The van der Waals surface area contributed by atoms with Crippen molar-refractivity contribution in [2.45, 2.75) is 25.9 Å². The van der Waals surface area contributed by atoms with E-state index in [0.717, 1.165) is 16.9 Å². The Hall–Kier alpha value is -2.76. The van der Waals surface area contributed by atoms with Gasteiger partial charge in [-0.2, -0.15) is 0 Å². The molecular weight excluding hydrogens is 308 g/mol. The molecule has 2 N–H and O–H groups in total. The Morgan fingerprint density at radius 3 is 2.71 bits per heavy atom. The Morgan fingerprint density at radius 2 is 1.96 bits per heavy atom. The van der Waals surface area contributed by atoms with Crippen LogP contribution < -0.4 is 15.4 Å². The van der Waals surface area contributed by atoms with Gasteiger partial charge in [0.15, 0.2) is 11.9 Å². The van der Waals surface area contributed by atoms with Crippen molar-refractivity contribution < 1.29 is 18.7 Å². The Morgan fingerprint density at radius 1 is 1.17 bits per heavy atom. The van der Waals surface area contributed by atoms with Crippen molar-refractivity contribution in [3.63, 3.8) is 0 Å². The largest absolute Gasteiger partial charge is 0.480 e. The van der Waals surface area contributed by atoms with Crippen molar-refractivity contribution in [3.05, 3.63) is 53.5 Å². The van der Waals surface area contributed by atoms with Gasteiger partial charge >= 0.3 is 0 Å². The smallest absolute Gasteiger partial charge is 0.287 e. The molecule has 0 aliphatic carbocycles. The summed E-state index contributed by atoms with van der Waals surface area (Å²) in [6.45, 7) is 2.76. The first kappa shape index (κ1) is 16.1. The summed E-state index contributed by atoms with van der Waals surface area (Å²) in [5.41, 5.74) is 1.86. The molecule has 0 saturated heterocycles. The summed E-state index contributed by atoms with van der Waals surface area (Å²) in [4.78, 5) is 24.0. The molecule has 126 valence electrons. The Kier molecular flexibility index (Phi) is 4.84. The second-order valence-corrected chi connectivity index (χ2v) is 5.75. The van der Waals surface area contributed by atoms with E-state index < -0.39 is 6.10 Å². The first-order valence-corrected chi connectivity index (χ1v) is 7.99. The van der Waals surface area contributed by atoms with Crippen LogP contribution in [0.5, 0.6) is 5.75 Å². The lowest BCUT2D eigenvalue weighted by molar-refractivity contribution is -0.127. The van der Waals surface area contributed by atoms with E-state index in [9.17, 15) is 9.59 Å². The molecule has 6 nitrogen and oxygen atoms in total. The van der Waals surface area contributed by atoms with Gasteiger partial charge in [-0.1, -0.05) is 18.2 Å². The zero-order valence-electron chi connectivity index (χ0n) is 13.5. The van der Waals surface area contributed by atoms with Gasteiger partial charge in [-0.05, 0) is 31.0 Å². The van der Waals surface area contributed by atoms with E-state index in [-0.39, 0.29) is 11.8 Å². The van der Waals surface area contributed by atoms with Crippen LogP contribution >= 0.6 is 0 Å². The van der Waals surface area contributed by atoms with E-state index in [1.54, 1.807) is 6.07 Å². The Labute approximate surface area is 140 Å². The first-order chi connectivity index (χ1) is 11.6. The summed E-state index contributed by atoms with van der Waals surface area (Å²) in [5.74, 6) is 0.743. The van der Waals surface area contributed by atoms with Crippen molar-refractivity contribution in [1.29, 1.82) is 0 Å². The molecule has 1 aliphatic rings. The predicted molar refractivity (Wildman–Crippen MR) is 88.0 cm³/mol. The zero-order valence-corrected chi connectivity index (χ0v) is 13.5. The number of hydrogen-bond donors (Lipinski definition) is 2. The van der Waals surface area contributed by atoms with Crippen LogP contribution in [-0.4, -0.2) is 31.0 Å². The lowest BCUT2D eigenvalue weighted by Crippen LogP contribution is -2.38. The van der Waals surface area contributed by atoms with E-state index in [1.807, 2.05) is 31.2 Å². The van der Waals surface area contributed by atoms with Crippen LogP contribution in [0.3, 0.4) is 0 Å². The topological polar surface area (TPSA) is 80.6 Å². The number of hydrogen-bond acceptors (Lipinski definition) is 4. The number of fused-ring (bicyclic) bond motifs is 1. The summed E-state index contributed by atoms with van der Waals surface area (Å²) in [6, 6.07) is 9.41. The molecule has 0 bridgehead atoms. The van der Waals surface area contributed by atoms with Gasteiger partial charge in [0.2, 0.25) is 0 Å². The van der Waals surface area contributed by atoms with Crippen LogP contribution in [0.2, 0.25) is 0 Å². The van der Waals surface area contributed by atoms with E-state index in [4.69, 9.17) is 9.15 Å². The van der Waals surface area contributed by atoms with Crippen LogP contribution in [0, 0.1) is 6.92 Å². The molecule has 0 radical (unpaired) electrons. The minimum atomic E-state index is -0.470. The number of aryl methyl sites for hydroxylation is 1. The van der Waals surface area contributed by atoms with Gasteiger partial charge in [0.25, 0.3) is 11.8 Å². The average molecular weight is 328 g/mol. The predicted octanol–water partition coefficient (Wildman–Crippen LogP) is 1.83. The third-order valence-electron chi connectivity index (χ3n) is 3.95. The van der Waals surface area contributed by atoms with Gasteiger partial charge in [-0.3, -0.25) is 9.59 Å². The maximum Gasteiger partial charge on any atom is 0.287 e. The summed E-state index contributed by atoms with van der Waals surface area (Å²) < 4.78 is 10.8. The minimum Gasteiger partial charge on any atom is -0.480 e. The normalized spacial score (nSPS) is 15.5. The molecule has 1 aliphatic heterocycles. The Bertz CT molecular complexity index is 713. The first-order valence-electron chi connectivity index (χ1n) is 7.99. The molecule has 0 unspecified atom stereocenters. The Balaban J connectivity index is 1.35. The highest BCUT2D eigenvalue weighted by atomic mass is 16.5. The fourth-order valence-corrected chi connectivity index (χ4v) is 2.63. The van der Waals surface area contributed by atoms with Crippen molar-refractivity contribution in [3.8, 4) is 5.75 Å². The van der Waals surface area contributed by atoms with Gasteiger partial charge in [0, 0.05) is 25.1 Å². The SMILES string of the molecule is Cc1ccoc1C(=O)NCCCNC(=O)[C@H]1Cc2ccccc2O1. The highest BCUT2D eigenvalue weighted by Gasteiger charge is 2.28. The number of carbonyl (C=O) groups excluding carboxylic acids is 2. The highest BCUT2D eigenvalue weighted by molar-refractivity contribution is 5.92. The lowest BCUT2D eigenvalue weighted by Gasteiger charge is -2.11. The van der Waals surface area contributed by atoms with Gasteiger partial charge in [-0.15, -0.1) is 0 Å². The number of benzene rings is 1. The van der Waals surface area contributed by atoms with E-state index >= 15 is 0 Å². The van der Waals surface area contributed by atoms with Crippen LogP contribution in [-0.2, 0) is 11.2 Å². The maximum absolute atomic E-state index is 12.1. The van der Waals surface area contributed by atoms with Crippen LogP contribution in [0.15, 0.2) is 41.0 Å². The molecule has 0 fully saturated rings. The molecule has 3 rings (SSSR count). The maximum atomic E-state index is 12.1. The molecule has 0 spiro atoms. The van der Waals surface area contributed by atoms with E-state index in [0.29, 0.717) is 31.7 Å². The average Bonchev–Trinajstić information content (AvgIpc) is 3.20. The number of ether oxygens (including phenoxy) is 1. The van der Waals surface area contributed by atoms with Crippen LogP contribution in [0.1, 0.15) is 28.1 Å². The molecule has 1 atom stereocenters. The van der Waals surface area contributed by atoms with Gasteiger partial charge in [0.05, 0.1) is 6.26 Å². The van der Waals surface area contributed by atoms with E-state index in [1.165, 1.54) is 6.26 Å². The third kappa shape index (κ3) is 3.59. The summed E-state index contributed by atoms with van der Waals surface area (Å²) in [7, 11) is 0. The van der Waals surface area contributed by atoms with Crippen molar-refractivity contribution in [1.82, 2.24) is 10.6 Å². The monoisotopic (exact) mass is 328 g/mol. The number of rotatable bonds is 6. The number of amides is 2. The van der Waals surface area contributed by atoms with E-state index in [2.05, 4.69) is 10.6 Å². The molecule has 6 heteroatoms. The van der Waals surface area contributed by atoms with Gasteiger partial charge < -0.3 is 19.8 Å². The molecule has 2 aromatic rings. The summed E-state index contributed by atoms with van der Waals surface area (Å²) in [5, 5.41) is 5.61. The second kappa shape index (κ2) is 7.21. The molecule has 24 heavy (non-hydrogen) atoms. The zero-order chi connectivity index (χ0) is 16.9. The number of para-hydroxylation sites is 1. The van der Waals surface area contributed by atoms with Crippen LogP contribution in [0.4, 0.5) is 0 Å². The molecule has 2 heterocycles. The number of nitrogens with one attached hydrogen (secondary N) is 2. The molecule has 1 aromatic heterocycles. The van der Waals surface area contributed by atoms with Crippen molar-refractivity contribution >= 4 is 11.8 Å². The number of furan rings is 1. The third-order valence-corrected chi connectivity index (χ3v) is 3.95. The van der Waals surface area contributed by atoms with Crippen molar-refractivity contribution in [2.75, 3.05) is 13.1 Å².